The summed E-state index contributed by atoms with van der Waals surface area (Å²) in [5, 5.41) is 3.04. The molecule has 0 aliphatic carbocycles. The van der Waals surface area contributed by atoms with Crippen LogP contribution in [0.4, 0.5) is 4.79 Å². The van der Waals surface area contributed by atoms with Crippen molar-refractivity contribution in [3.05, 3.63) is 29.6 Å². The van der Waals surface area contributed by atoms with Crippen LogP contribution in [0.25, 0.3) is 0 Å². The number of aryl methyl sites for hydroxylation is 1. The van der Waals surface area contributed by atoms with Crippen molar-refractivity contribution in [2.75, 3.05) is 26.2 Å². The minimum atomic E-state index is -0.594. The third kappa shape index (κ3) is 4.24. The summed E-state index contributed by atoms with van der Waals surface area (Å²) < 4.78 is 0. The lowest BCUT2D eigenvalue weighted by atomic mass is 9.83. The SMILES string of the molecule is Cc1ccc([C@@H](C)NC(=O)N2CCC(C(N)=O)(N3CCCCC3)CC2)cn1. The van der Waals surface area contributed by atoms with E-state index in [1.165, 1.54) is 6.42 Å². The van der Waals surface area contributed by atoms with Gasteiger partial charge in [-0.1, -0.05) is 12.5 Å². The van der Waals surface area contributed by atoms with Gasteiger partial charge in [0, 0.05) is 25.0 Å². The molecule has 7 nitrogen and oxygen atoms in total. The summed E-state index contributed by atoms with van der Waals surface area (Å²) in [4.78, 5) is 33.3. The van der Waals surface area contributed by atoms with E-state index >= 15 is 0 Å². The second kappa shape index (κ2) is 8.25. The number of nitrogens with two attached hydrogens (primary N) is 1. The molecule has 0 bridgehead atoms. The number of pyridine rings is 1. The van der Waals surface area contributed by atoms with Gasteiger partial charge in [-0.2, -0.15) is 0 Å². The van der Waals surface area contributed by atoms with Gasteiger partial charge in [0.2, 0.25) is 5.91 Å². The van der Waals surface area contributed by atoms with Crippen molar-refractivity contribution in [1.29, 1.82) is 0 Å². The van der Waals surface area contributed by atoms with Crippen LogP contribution >= 0.6 is 0 Å². The topological polar surface area (TPSA) is 91.6 Å². The molecule has 148 valence electrons. The van der Waals surface area contributed by atoms with Crippen molar-refractivity contribution in [2.45, 2.75) is 57.5 Å². The molecular weight excluding hydrogens is 342 g/mol. The van der Waals surface area contributed by atoms with Crippen LogP contribution in [0.1, 0.15) is 56.3 Å². The molecule has 3 rings (SSSR count). The van der Waals surface area contributed by atoms with Crippen LogP contribution in [0.3, 0.4) is 0 Å². The molecule has 0 spiro atoms. The van der Waals surface area contributed by atoms with Gasteiger partial charge >= 0.3 is 6.03 Å². The molecule has 7 heteroatoms. The summed E-state index contributed by atoms with van der Waals surface area (Å²) in [6.07, 6.45) is 6.45. The lowest BCUT2D eigenvalue weighted by Gasteiger charge is -2.48. The van der Waals surface area contributed by atoms with Gasteiger partial charge in [-0.05, 0) is 64.3 Å². The number of hydrogen-bond acceptors (Lipinski definition) is 4. The molecule has 1 atom stereocenters. The first-order valence-corrected chi connectivity index (χ1v) is 9.95. The van der Waals surface area contributed by atoms with E-state index < -0.39 is 5.54 Å². The third-order valence-electron chi connectivity index (χ3n) is 6.07. The number of carbonyl (C=O) groups is 2. The summed E-state index contributed by atoms with van der Waals surface area (Å²) in [6.45, 7) is 6.83. The second-order valence-electron chi connectivity index (χ2n) is 7.83. The lowest BCUT2D eigenvalue weighted by molar-refractivity contribution is -0.134. The highest BCUT2D eigenvalue weighted by Gasteiger charge is 2.45. The number of aromatic nitrogens is 1. The number of carbonyl (C=O) groups excluding carboxylic acids is 2. The normalized spacial score (nSPS) is 21.5. The van der Waals surface area contributed by atoms with E-state index in [0.717, 1.165) is 37.2 Å². The fraction of sp³-hybridized carbons (Fsp3) is 0.650. The highest BCUT2D eigenvalue weighted by Crippen LogP contribution is 2.31. The number of urea groups is 1. The predicted octanol–water partition coefficient (Wildman–Crippen LogP) is 1.97. The molecule has 2 fully saturated rings. The van der Waals surface area contributed by atoms with Crippen LogP contribution in [0.5, 0.6) is 0 Å². The zero-order chi connectivity index (χ0) is 19.4. The van der Waals surface area contributed by atoms with Crippen LogP contribution in [0.15, 0.2) is 18.3 Å². The average Bonchev–Trinajstić information content (AvgIpc) is 2.69. The molecule has 3 heterocycles. The average molecular weight is 374 g/mol. The van der Waals surface area contributed by atoms with E-state index in [2.05, 4.69) is 15.2 Å². The van der Waals surface area contributed by atoms with Crippen molar-refractivity contribution in [1.82, 2.24) is 20.1 Å². The summed E-state index contributed by atoms with van der Waals surface area (Å²) in [7, 11) is 0. The predicted molar refractivity (Wildman–Crippen MR) is 104 cm³/mol. The Kier molecular flexibility index (Phi) is 5.99. The molecular formula is C20H31N5O2. The van der Waals surface area contributed by atoms with Crippen LogP contribution < -0.4 is 11.1 Å². The fourth-order valence-electron chi connectivity index (χ4n) is 4.22. The second-order valence-corrected chi connectivity index (χ2v) is 7.83. The number of hydrogen-bond donors (Lipinski definition) is 2. The molecule has 1 aromatic rings. The number of rotatable bonds is 4. The van der Waals surface area contributed by atoms with Crippen molar-refractivity contribution in [3.63, 3.8) is 0 Å². The summed E-state index contributed by atoms with van der Waals surface area (Å²) in [5.74, 6) is -0.247. The summed E-state index contributed by atoms with van der Waals surface area (Å²) >= 11 is 0. The smallest absolute Gasteiger partial charge is 0.317 e. The van der Waals surface area contributed by atoms with Crippen LogP contribution in [-0.4, -0.2) is 58.4 Å². The zero-order valence-electron chi connectivity index (χ0n) is 16.4. The molecule has 1 aromatic heterocycles. The minimum Gasteiger partial charge on any atom is -0.368 e. The van der Waals surface area contributed by atoms with Gasteiger partial charge in [-0.3, -0.25) is 14.7 Å². The Hall–Kier alpha value is -2.15. The molecule has 2 saturated heterocycles. The summed E-state index contributed by atoms with van der Waals surface area (Å²) in [6, 6.07) is 3.71. The Morgan fingerprint density at radius 1 is 1.15 bits per heavy atom. The third-order valence-corrected chi connectivity index (χ3v) is 6.07. The van der Waals surface area contributed by atoms with Gasteiger partial charge in [0.15, 0.2) is 0 Å². The molecule has 0 unspecified atom stereocenters. The van der Waals surface area contributed by atoms with E-state index in [9.17, 15) is 9.59 Å². The maximum absolute atomic E-state index is 12.7. The summed E-state index contributed by atoms with van der Waals surface area (Å²) in [5.41, 5.74) is 7.15. The molecule has 3 N–H and O–H groups in total. The maximum atomic E-state index is 12.7. The Bertz CT molecular complexity index is 661. The van der Waals surface area contributed by atoms with Gasteiger partial charge in [-0.15, -0.1) is 0 Å². The maximum Gasteiger partial charge on any atom is 0.317 e. The fourth-order valence-corrected chi connectivity index (χ4v) is 4.22. The van der Waals surface area contributed by atoms with Gasteiger partial charge in [0.05, 0.1) is 6.04 Å². The Labute approximate surface area is 161 Å². The molecule has 0 radical (unpaired) electrons. The number of nitrogens with one attached hydrogen (secondary N) is 1. The minimum absolute atomic E-state index is 0.0974. The quantitative estimate of drug-likeness (QED) is 0.844. The monoisotopic (exact) mass is 373 g/mol. The first-order chi connectivity index (χ1) is 12.9. The number of primary amides is 1. The van der Waals surface area contributed by atoms with Crippen LogP contribution in [-0.2, 0) is 4.79 Å². The van der Waals surface area contributed by atoms with E-state index in [1.54, 1.807) is 11.1 Å². The first-order valence-electron chi connectivity index (χ1n) is 9.95. The Balaban J connectivity index is 1.59. The molecule has 27 heavy (non-hydrogen) atoms. The molecule has 0 saturated carbocycles. The van der Waals surface area contributed by atoms with Gasteiger partial charge in [0.25, 0.3) is 0 Å². The number of piperidine rings is 2. The van der Waals surface area contributed by atoms with Crippen molar-refractivity contribution in [2.24, 2.45) is 5.73 Å². The van der Waals surface area contributed by atoms with Gasteiger partial charge < -0.3 is 16.0 Å². The highest BCUT2D eigenvalue weighted by atomic mass is 16.2. The zero-order valence-corrected chi connectivity index (χ0v) is 16.4. The number of amides is 3. The van der Waals surface area contributed by atoms with E-state index in [1.807, 2.05) is 26.0 Å². The molecule has 3 amide bonds. The van der Waals surface area contributed by atoms with Crippen molar-refractivity contribution in [3.8, 4) is 0 Å². The van der Waals surface area contributed by atoms with Crippen LogP contribution in [0.2, 0.25) is 0 Å². The first kappa shape index (κ1) is 19.6. The lowest BCUT2D eigenvalue weighted by Crippen LogP contribution is -2.64. The Morgan fingerprint density at radius 3 is 2.37 bits per heavy atom. The Morgan fingerprint density at radius 2 is 1.81 bits per heavy atom. The van der Waals surface area contributed by atoms with Crippen molar-refractivity contribution < 1.29 is 9.59 Å². The standard InChI is InChI=1S/C20H31N5O2/c1-15-6-7-17(14-22-15)16(2)23-19(27)24-12-8-20(9-13-24,18(21)26)25-10-4-3-5-11-25/h6-7,14,16H,3-5,8-13H2,1-2H3,(H2,21,26)(H,23,27)/t16-/m1/s1. The van der Waals surface area contributed by atoms with Crippen LogP contribution in [0, 0.1) is 6.92 Å². The van der Waals surface area contributed by atoms with E-state index in [0.29, 0.717) is 25.9 Å². The molecule has 0 aromatic carbocycles. The highest BCUT2D eigenvalue weighted by molar-refractivity contribution is 5.85. The van der Waals surface area contributed by atoms with E-state index in [-0.39, 0.29) is 18.0 Å². The van der Waals surface area contributed by atoms with Gasteiger partial charge in [0.1, 0.15) is 5.54 Å². The largest absolute Gasteiger partial charge is 0.368 e. The number of nitrogens with zero attached hydrogens (tertiary/aromatic N) is 3. The molecule has 2 aliphatic rings. The van der Waals surface area contributed by atoms with E-state index in [4.69, 9.17) is 5.73 Å². The van der Waals surface area contributed by atoms with Crippen molar-refractivity contribution >= 4 is 11.9 Å². The van der Waals surface area contributed by atoms with Gasteiger partial charge in [-0.25, -0.2) is 4.79 Å². The number of likely N-dealkylation sites (tertiary alicyclic amines) is 2. The molecule has 2 aliphatic heterocycles.